The van der Waals surface area contributed by atoms with Crippen LogP contribution in [-0.4, -0.2) is 35.1 Å². The van der Waals surface area contributed by atoms with Gasteiger partial charge >= 0.3 is 0 Å². The highest BCUT2D eigenvalue weighted by Gasteiger charge is 2.30. The molecule has 8 heteroatoms. The second-order valence-electron chi connectivity index (χ2n) is 5.66. The molecule has 3 heterocycles. The Hall–Kier alpha value is -2.51. The Bertz CT molecular complexity index is 764. The van der Waals surface area contributed by atoms with Gasteiger partial charge in [0.25, 0.3) is 5.56 Å². The molecule has 2 aromatic rings. The summed E-state index contributed by atoms with van der Waals surface area (Å²) in [5.41, 5.74) is 1.26. The molecule has 0 aliphatic carbocycles. The maximum Gasteiger partial charge on any atom is 0.258 e. The summed E-state index contributed by atoms with van der Waals surface area (Å²) < 4.78 is 3.15. The fraction of sp³-hybridized carbons (Fsp3) is 0.500. The summed E-state index contributed by atoms with van der Waals surface area (Å²) in [6.45, 7) is 4.84. The minimum atomic E-state index is -0.235. The van der Waals surface area contributed by atoms with Gasteiger partial charge in [0, 0.05) is 7.05 Å². The molecule has 116 valence electrons. The Morgan fingerprint density at radius 1 is 1.41 bits per heavy atom. The van der Waals surface area contributed by atoms with Gasteiger partial charge in [0.2, 0.25) is 5.91 Å². The van der Waals surface area contributed by atoms with E-state index >= 15 is 0 Å². The van der Waals surface area contributed by atoms with E-state index in [-0.39, 0.29) is 17.4 Å². The monoisotopic (exact) mass is 302 g/mol. The van der Waals surface area contributed by atoms with Gasteiger partial charge in [-0.25, -0.2) is 9.97 Å². The van der Waals surface area contributed by atoms with Crippen molar-refractivity contribution in [3.05, 3.63) is 40.1 Å². The van der Waals surface area contributed by atoms with E-state index in [1.54, 1.807) is 29.9 Å². The van der Waals surface area contributed by atoms with Crippen LogP contribution < -0.4 is 5.56 Å². The highest BCUT2D eigenvalue weighted by Crippen LogP contribution is 2.20. The number of amides is 1. The van der Waals surface area contributed by atoms with Gasteiger partial charge in [0.1, 0.15) is 18.5 Å². The molecule has 0 N–H and O–H groups in total. The number of carbonyl (C=O) groups is 1. The summed E-state index contributed by atoms with van der Waals surface area (Å²) in [5, 5.41) is 4.01. The Kier molecular flexibility index (Phi) is 3.51. The zero-order valence-corrected chi connectivity index (χ0v) is 12.9. The predicted octanol–water partition coefficient (Wildman–Crippen LogP) is -0.141. The summed E-state index contributed by atoms with van der Waals surface area (Å²) >= 11 is 0. The van der Waals surface area contributed by atoms with Crippen molar-refractivity contribution in [2.24, 2.45) is 13.0 Å². The Balaban J connectivity index is 1.76. The molecule has 1 amide bonds. The van der Waals surface area contributed by atoms with Crippen LogP contribution in [0.1, 0.15) is 24.0 Å². The lowest BCUT2D eigenvalue weighted by molar-refractivity contribution is -0.136. The third kappa shape index (κ3) is 2.40. The molecule has 0 saturated heterocycles. The third-order valence-electron chi connectivity index (χ3n) is 4.04. The Labute approximate surface area is 127 Å². The van der Waals surface area contributed by atoms with E-state index in [0.717, 1.165) is 0 Å². The van der Waals surface area contributed by atoms with Crippen LogP contribution in [0.25, 0.3) is 0 Å². The second-order valence-corrected chi connectivity index (χ2v) is 5.66. The van der Waals surface area contributed by atoms with Crippen molar-refractivity contribution in [3.63, 3.8) is 0 Å². The molecule has 0 fully saturated rings. The number of hydrogen-bond donors (Lipinski definition) is 0. The summed E-state index contributed by atoms with van der Waals surface area (Å²) in [5.74, 6) is 0.419. The van der Waals surface area contributed by atoms with Gasteiger partial charge in [-0.2, -0.15) is 5.10 Å². The third-order valence-corrected chi connectivity index (χ3v) is 4.04. The van der Waals surface area contributed by atoms with Crippen LogP contribution in [0.15, 0.2) is 17.4 Å². The lowest BCUT2D eigenvalue weighted by Gasteiger charge is -2.19. The molecule has 1 aliphatic rings. The van der Waals surface area contributed by atoms with Crippen molar-refractivity contribution >= 4 is 5.91 Å². The molecule has 0 bridgehead atoms. The fourth-order valence-electron chi connectivity index (χ4n) is 2.68. The SMILES string of the molecule is Cc1nc2c(c(=O)n1C)CN(C(=O)C(C)Cn1cncn1)C2. The number of hydrogen-bond acceptors (Lipinski definition) is 5. The Morgan fingerprint density at radius 3 is 2.86 bits per heavy atom. The topological polar surface area (TPSA) is 85.9 Å². The van der Waals surface area contributed by atoms with Crippen molar-refractivity contribution in [3.8, 4) is 0 Å². The van der Waals surface area contributed by atoms with Gasteiger partial charge in [-0.1, -0.05) is 6.92 Å². The first kappa shape index (κ1) is 14.4. The van der Waals surface area contributed by atoms with Gasteiger partial charge in [-0.05, 0) is 6.92 Å². The number of aryl methyl sites for hydroxylation is 1. The minimum Gasteiger partial charge on any atom is -0.332 e. The van der Waals surface area contributed by atoms with E-state index < -0.39 is 0 Å². The summed E-state index contributed by atoms with van der Waals surface area (Å²) in [6.07, 6.45) is 3.03. The van der Waals surface area contributed by atoms with Crippen molar-refractivity contribution in [1.29, 1.82) is 0 Å². The van der Waals surface area contributed by atoms with Gasteiger partial charge in [-0.15, -0.1) is 0 Å². The van der Waals surface area contributed by atoms with E-state index in [4.69, 9.17) is 0 Å². The predicted molar refractivity (Wildman–Crippen MR) is 77.7 cm³/mol. The van der Waals surface area contributed by atoms with Crippen LogP contribution >= 0.6 is 0 Å². The van der Waals surface area contributed by atoms with E-state index in [9.17, 15) is 9.59 Å². The maximum absolute atomic E-state index is 12.5. The van der Waals surface area contributed by atoms with Gasteiger partial charge in [0.05, 0.1) is 36.8 Å². The van der Waals surface area contributed by atoms with Crippen molar-refractivity contribution in [1.82, 2.24) is 29.2 Å². The number of rotatable bonds is 3. The molecule has 0 aromatic carbocycles. The van der Waals surface area contributed by atoms with Crippen LogP contribution in [0.2, 0.25) is 0 Å². The average molecular weight is 302 g/mol. The van der Waals surface area contributed by atoms with Crippen molar-refractivity contribution in [2.75, 3.05) is 0 Å². The molecule has 1 unspecified atom stereocenters. The fourth-order valence-corrected chi connectivity index (χ4v) is 2.68. The molecule has 0 spiro atoms. The summed E-state index contributed by atoms with van der Waals surface area (Å²) in [6, 6.07) is 0. The van der Waals surface area contributed by atoms with E-state index in [1.807, 2.05) is 6.92 Å². The molecule has 8 nitrogen and oxygen atoms in total. The standard InChI is InChI=1S/C14H18N6O2/c1-9(4-20-8-15-7-16-20)13(21)19-5-11-12(6-19)17-10(2)18(3)14(11)22/h7-9H,4-6H2,1-3H3. The highest BCUT2D eigenvalue weighted by molar-refractivity contribution is 5.79. The lowest BCUT2D eigenvalue weighted by atomic mass is 10.1. The lowest BCUT2D eigenvalue weighted by Crippen LogP contribution is -2.33. The van der Waals surface area contributed by atoms with Crippen molar-refractivity contribution in [2.45, 2.75) is 33.5 Å². The molecular formula is C14H18N6O2. The molecular weight excluding hydrogens is 284 g/mol. The molecule has 0 saturated carbocycles. The highest BCUT2D eigenvalue weighted by atomic mass is 16.2. The maximum atomic E-state index is 12.5. The van der Waals surface area contributed by atoms with E-state index in [2.05, 4.69) is 15.1 Å². The number of nitrogens with zero attached hydrogens (tertiary/aromatic N) is 6. The average Bonchev–Trinajstić information content (AvgIpc) is 3.13. The number of aromatic nitrogens is 5. The Morgan fingerprint density at radius 2 is 2.18 bits per heavy atom. The van der Waals surface area contributed by atoms with Crippen LogP contribution in [0.5, 0.6) is 0 Å². The molecule has 3 rings (SSSR count). The van der Waals surface area contributed by atoms with Crippen molar-refractivity contribution < 1.29 is 4.79 Å². The molecule has 2 aromatic heterocycles. The molecule has 1 aliphatic heterocycles. The summed E-state index contributed by atoms with van der Waals surface area (Å²) in [4.78, 5) is 34.8. The number of carbonyl (C=O) groups excluding carboxylic acids is 1. The smallest absolute Gasteiger partial charge is 0.258 e. The van der Waals surface area contributed by atoms with Crippen LogP contribution in [-0.2, 0) is 31.5 Å². The first-order chi connectivity index (χ1) is 10.5. The van der Waals surface area contributed by atoms with Gasteiger partial charge < -0.3 is 4.90 Å². The quantitative estimate of drug-likeness (QED) is 0.787. The second kappa shape index (κ2) is 5.36. The van der Waals surface area contributed by atoms with Crippen LogP contribution in [0, 0.1) is 12.8 Å². The number of fused-ring (bicyclic) bond motifs is 1. The molecule has 1 atom stereocenters. The minimum absolute atomic E-state index is 0.00629. The first-order valence-corrected chi connectivity index (χ1v) is 7.14. The summed E-state index contributed by atoms with van der Waals surface area (Å²) in [7, 11) is 1.70. The normalized spacial score (nSPS) is 15.0. The zero-order chi connectivity index (χ0) is 15.9. The zero-order valence-electron chi connectivity index (χ0n) is 12.9. The largest absolute Gasteiger partial charge is 0.332 e. The van der Waals surface area contributed by atoms with Crippen LogP contribution in [0.4, 0.5) is 0 Å². The molecule has 0 radical (unpaired) electrons. The van der Waals surface area contributed by atoms with Crippen LogP contribution in [0.3, 0.4) is 0 Å². The van der Waals surface area contributed by atoms with Gasteiger partial charge in [0.15, 0.2) is 0 Å². The van der Waals surface area contributed by atoms with E-state index in [1.165, 1.54) is 10.9 Å². The van der Waals surface area contributed by atoms with Gasteiger partial charge in [-0.3, -0.25) is 18.8 Å². The first-order valence-electron chi connectivity index (χ1n) is 7.14. The van der Waals surface area contributed by atoms with E-state index in [0.29, 0.717) is 36.7 Å². The molecule has 22 heavy (non-hydrogen) atoms.